The maximum Gasteiger partial charge on any atom is 0.278 e. The van der Waals surface area contributed by atoms with E-state index >= 15 is 0 Å². The van der Waals surface area contributed by atoms with Gasteiger partial charge in [0.05, 0.1) is 12.1 Å². The third-order valence-corrected chi connectivity index (χ3v) is 5.01. The van der Waals surface area contributed by atoms with Crippen LogP contribution >= 0.6 is 11.8 Å². The summed E-state index contributed by atoms with van der Waals surface area (Å²) in [4.78, 5) is 35.2. The first kappa shape index (κ1) is 17.2. The van der Waals surface area contributed by atoms with E-state index in [0.29, 0.717) is 22.9 Å². The molecule has 1 amide bonds. The van der Waals surface area contributed by atoms with Gasteiger partial charge in [0, 0.05) is 12.2 Å². The van der Waals surface area contributed by atoms with Crippen LogP contribution in [0.2, 0.25) is 0 Å². The van der Waals surface area contributed by atoms with E-state index in [-0.39, 0.29) is 17.2 Å². The third-order valence-electron chi connectivity index (χ3n) is 4.03. The molecule has 7 nitrogen and oxygen atoms in total. The van der Waals surface area contributed by atoms with Crippen LogP contribution < -0.4 is 10.9 Å². The maximum atomic E-state index is 12.3. The third kappa shape index (κ3) is 3.43. The molecule has 0 unspecified atom stereocenters. The molecule has 1 aromatic carbocycles. The molecule has 0 spiro atoms. The summed E-state index contributed by atoms with van der Waals surface area (Å²) in [5.41, 5.74) is 3.54. The summed E-state index contributed by atoms with van der Waals surface area (Å²) in [6.07, 6.45) is 1.36. The summed E-state index contributed by atoms with van der Waals surface area (Å²) in [6, 6.07) is 5.81. The summed E-state index contributed by atoms with van der Waals surface area (Å²) in [5.74, 6) is 0.0875. The minimum Gasteiger partial charge on any atom is -0.325 e. The van der Waals surface area contributed by atoms with Gasteiger partial charge in [-0.05, 0) is 38.0 Å². The first-order chi connectivity index (χ1) is 12.0. The number of H-pyrrole nitrogens is 1. The zero-order valence-corrected chi connectivity index (χ0v) is 15.1. The van der Waals surface area contributed by atoms with Crippen LogP contribution in [0.3, 0.4) is 0 Å². The molecule has 0 aliphatic heterocycles. The highest BCUT2D eigenvalue weighted by Gasteiger charge is 2.15. The van der Waals surface area contributed by atoms with Gasteiger partial charge < -0.3 is 14.9 Å². The van der Waals surface area contributed by atoms with Gasteiger partial charge in [0.15, 0.2) is 16.3 Å². The van der Waals surface area contributed by atoms with E-state index < -0.39 is 0 Å². The van der Waals surface area contributed by atoms with E-state index in [2.05, 4.69) is 20.3 Å². The minimum atomic E-state index is -0.279. The number of carbonyl (C=O) groups is 1. The predicted molar refractivity (Wildman–Crippen MR) is 99.1 cm³/mol. The second kappa shape index (κ2) is 7.10. The molecule has 0 saturated carbocycles. The van der Waals surface area contributed by atoms with E-state index in [9.17, 15) is 9.59 Å². The van der Waals surface area contributed by atoms with Crippen LogP contribution in [0, 0.1) is 13.8 Å². The lowest BCUT2D eigenvalue weighted by Gasteiger charge is -2.10. The van der Waals surface area contributed by atoms with Gasteiger partial charge in [-0.2, -0.15) is 0 Å². The fourth-order valence-electron chi connectivity index (χ4n) is 2.53. The number of nitrogens with one attached hydrogen (secondary N) is 2. The van der Waals surface area contributed by atoms with Crippen molar-refractivity contribution in [2.45, 2.75) is 32.5 Å². The van der Waals surface area contributed by atoms with Crippen LogP contribution in [0.5, 0.6) is 0 Å². The monoisotopic (exact) mass is 357 g/mol. The number of amides is 1. The standard InChI is InChI=1S/C17H19N5O2S/c1-4-22-15-14(16(24)19-9-18-15)21-17(22)25-8-13(23)20-12-7-5-6-10(2)11(12)3/h5-7,9H,4,8H2,1-3H3,(H,20,23)(H,18,19,24). The highest BCUT2D eigenvalue weighted by atomic mass is 32.2. The molecule has 0 atom stereocenters. The lowest BCUT2D eigenvalue weighted by molar-refractivity contribution is -0.113. The molecule has 3 aromatic rings. The maximum absolute atomic E-state index is 12.3. The predicted octanol–water partition coefficient (Wildman–Crippen LogP) is 2.49. The quantitative estimate of drug-likeness (QED) is 0.685. The Balaban J connectivity index is 1.76. The van der Waals surface area contributed by atoms with E-state index in [1.165, 1.54) is 18.1 Å². The van der Waals surface area contributed by atoms with Crippen molar-refractivity contribution < 1.29 is 4.79 Å². The van der Waals surface area contributed by atoms with Gasteiger partial charge in [-0.1, -0.05) is 23.9 Å². The molecule has 0 fully saturated rings. The molecule has 3 rings (SSSR count). The number of nitrogens with zero attached hydrogens (tertiary/aromatic N) is 3. The van der Waals surface area contributed by atoms with Crippen molar-refractivity contribution in [1.29, 1.82) is 0 Å². The Labute approximate surface area is 148 Å². The van der Waals surface area contributed by atoms with Crippen LogP contribution in [0.4, 0.5) is 5.69 Å². The molecule has 0 aliphatic rings. The van der Waals surface area contributed by atoms with Crippen LogP contribution in [0.15, 0.2) is 34.5 Å². The second-order valence-corrected chi connectivity index (χ2v) is 6.57. The summed E-state index contributed by atoms with van der Waals surface area (Å²) in [5, 5.41) is 3.53. The van der Waals surface area contributed by atoms with Crippen LogP contribution in [0.25, 0.3) is 11.2 Å². The molecule has 0 saturated heterocycles. The molecule has 2 N–H and O–H groups in total. The first-order valence-electron chi connectivity index (χ1n) is 7.94. The molecular formula is C17H19N5O2S. The Hall–Kier alpha value is -2.61. The molecule has 2 aromatic heterocycles. The number of fused-ring (bicyclic) bond motifs is 1. The van der Waals surface area contributed by atoms with Crippen molar-refractivity contribution in [2.24, 2.45) is 0 Å². The lowest BCUT2D eigenvalue weighted by Crippen LogP contribution is -2.15. The van der Waals surface area contributed by atoms with Gasteiger partial charge in [0.2, 0.25) is 5.91 Å². The summed E-state index contributed by atoms with van der Waals surface area (Å²) >= 11 is 1.29. The average molecular weight is 357 g/mol. The molecule has 25 heavy (non-hydrogen) atoms. The Morgan fingerprint density at radius 2 is 2.16 bits per heavy atom. The number of aromatic amines is 1. The van der Waals surface area contributed by atoms with Crippen LogP contribution in [-0.2, 0) is 11.3 Å². The number of hydrogen-bond donors (Lipinski definition) is 2. The second-order valence-electron chi connectivity index (χ2n) is 5.63. The molecule has 130 valence electrons. The zero-order valence-electron chi connectivity index (χ0n) is 14.3. The van der Waals surface area contributed by atoms with Gasteiger partial charge in [-0.3, -0.25) is 9.59 Å². The Bertz CT molecular complexity index is 992. The van der Waals surface area contributed by atoms with Crippen LogP contribution in [-0.4, -0.2) is 31.2 Å². The lowest BCUT2D eigenvalue weighted by atomic mass is 10.1. The fraction of sp³-hybridized carbons (Fsp3) is 0.294. The number of hydrogen-bond acceptors (Lipinski definition) is 5. The Kier molecular flexibility index (Phi) is 4.89. The van der Waals surface area contributed by atoms with Crippen molar-refractivity contribution in [1.82, 2.24) is 19.5 Å². The van der Waals surface area contributed by atoms with E-state index in [0.717, 1.165) is 16.8 Å². The van der Waals surface area contributed by atoms with E-state index in [1.54, 1.807) is 0 Å². The molecule has 2 heterocycles. The van der Waals surface area contributed by atoms with Gasteiger partial charge in [-0.15, -0.1) is 0 Å². The SMILES string of the molecule is CCn1c(SCC(=O)Nc2cccc(C)c2C)nc2c(=O)[nH]cnc21. The zero-order chi connectivity index (χ0) is 18.0. The smallest absolute Gasteiger partial charge is 0.278 e. The number of carbonyl (C=O) groups excluding carboxylic acids is 1. The molecule has 0 bridgehead atoms. The number of anilines is 1. The van der Waals surface area contributed by atoms with Crippen molar-refractivity contribution in [3.8, 4) is 0 Å². The average Bonchev–Trinajstić information content (AvgIpc) is 2.96. The molecule has 0 radical (unpaired) electrons. The summed E-state index contributed by atoms with van der Waals surface area (Å²) < 4.78 is 1.83. The molecule has 0 aliphatic carbocycles. The van der Waals surface area contributed by atoms with Crippen molar-refractivity contribution in [2.75, 3.05) is 11.1 Å². The number of thioether (sulfide) groups is 1. The number of imidazole rings is 1. The number of aromatic nitrogens is 4. The highest BCUT2D eigenvalue weighted by molar-refractivity contribution is 7.99. The highest BCUT2D eigenvalue weighted by Crippen LogP contribution is 2.22. The molecule has 8 heteroatoms. The fourth-order valence-corrected chi connectivity index (χ4v) is 3.39. The largest absolute Gasteiger partial charge is 0.325 e. The number of rotatable bonds is 5. The summed E-state index contributed by atoms with van der Waals surface area (Å²) in [7, 11) is 0. The van der Waals surface area contributed by atoms with E-state index in [4.69, 9.17) is 0 Å². The van der Waals surface area contributed by atoms with Gasteiger partial charge in [-0.25, -0.2) is 9.97 Å². The van der Waals surface area contributed by atoms with E-state index in [1.807, 2.05) is 43.5 Å². The van der Waals surface area contributed by atoms with Crippen molar-refractivity contribution in [3.63, 3.8) is 0 Å². The first-order valence-corrected chi connectivity index (χ1v) is 8.92. The van der Waals surface area contributed by atoms with Gasteiger partial charge >= 0.3 is 0 Å². The molecular weight excluding hydrogens is 338 g/mol. The Morgan fingerprint density at radius 1 is 1.36 bits per heavy atom. The van der Waals surface area contributed by atoms with Crippen molar-refractivity contribution >= 4 is 34.5 Å². The number of benzene rings is 1. The topological polar surface area (TPSA) is 92.7 Å². The van der Waals surface area contributed by atoms with Gasteiger partial charge in [0.25, 0.3) is 5.56 Å². The normalized spacial score (nSPS) is 11.0. The summed E-state index contributed by atoms with van der Waals surface area (Å²) in [6.45, 7) is 6.55. The number of aryl methyl sites for hydroxylation is 2. The van der Waals surface area contributed by atoms with Crippen molar-refractivity contribution in [3.05, 3.63) is 46.0 Å². The minimum absolute atomic E-state index is 0.115. The van der Waals surface area contributed by atoms with Gasteiger partial charge in [0.1, 0.15) is 0 Å². The Morgan fingerprint density at radius 3 is 2.92 bits per heavy atom. The van der Waals surface area contributed by atoms with Crippen LogP contribution in [0.1, 0.15) is 18.1 Å².